The van der Waals surface area contributed by atoms with Crippen LogP contribution < -0.4 is 10.6 Å². The second kappa shape index (κ2) is 7.59. The molecule has 1 fully saturated rings. The summed E-state index contributed by atoms with van der Waals surface area (Å²) in [5.74, 6) is 0.144. The number of amides is 1. The fourth-order valence-corrected chi connectivity index (χ4v) is 3.27. The molecule has 1 aliphatic heterocycles. The fraction of sp³-hybridized carbons (Fsp3) is 0.444. The SMILES string of the molecule is COC(CNC(=O)[C@H]1CNC[C@@H]1c1cnn(C)c1)c1ccccc1. The number of benzene rings is 1. The van der Waals surface area contributed by atoms with Gasteiger partial charge in [0.2, 0.25) is 5.91 Å². The Kier molecular flexibility index (Phi) is 5.27. The Labute approximate surface area is 142 Å². The average Bonchev–Trinajstić information content (AvgIpc) is 3.25. The lowest BCUT2D eigenvalue weighted by Crippen LogP contribution is -2.37. The standard InChI is InChI=1S/C18H24N4O2/c1-22-12-14(8-21-22)15-9-19-10-16(15)18(23)20-11-17(24-2)13-6-4-3-5-7-13/h3-8,12,15-17,19H,9-11H2,1-2H3,(H,20,23)/t15-,16+,17?/m1/s1. The molecule has 2 aromatic rings. The smallest absolute Gasteiger partial charge is 0.225 e. The number of ether oxygens (including phenoxy) is 1. The molecular weight excluding hydrogens is 304 g/mol. The van der Waals surface area contributed by atoms with Crippen molar-refractivity contribution < 1.29 is 9.53 Å². The van der Waals surface area contributed by atoms with Crippen molar-refractivity contribution in [2.75, 3.05) is 26.7 Å². The molecule has 1 aromatic carbocycles. The number of aromatic nitrogens is 2. The number of carbonyl (C=O) groups is 1. The largest absolute Gasteiger partial charge is 0.375 e. The van der Waals surface area contributed by atoms with Gasteiger partial charge in [-0.05, 0) is 11.1 Å². The summed E-state index contributed by atoms with van der Waals surface area (Å²) in [5.41, 5.74) is 2.17. The van der Waals surface area contributed by atoms with Crippen LogP contribution >= 0.6 is 0 Å². The third kappa shape index (κ3) is 3.66. The first kappa shape index (κ1) is 16.7. The van der Waals surface area contributed by atoms with Gasteiger partial charge < -0.3 is 15.4 Å². The first-order valence-electron chi connectivity index (χ1n) is 8.23. The Bertz CT molecular complexity index is 671. The van der Waals surface area contributed by atoms with Crippen LogP contribution in [0.25, 0.3) is 0 Å². The maximum absolute atomic E-state index is 12.7. The van der Waals surface area contributed by atoms with Crippen molar-refractivity contribution in [3.8, 4) is 0 Å². The molecule has 1 aliphatic rings. The third-order valence-corrected chi connectivity index (χ3v) is 4.62. The predicted molar refractivity (Wildman–Crippen MR) is 91.5 cm³/mol. The normalized spacial score (nSPS) is 21.6. The van der Waals surface area contributed by atoms with Crippen molar-refractivity contribution in [3.63, 3.8) is 0 Å². The van der Waals surface area contributed by atoms with E-state index in [9.17, 15) is 4.79 Å². The number of methoxy groups -OCH3 is 1. The highest BCUT2D eigenvalue weighted by atomic mass is 16.5. The zero-order valence-electron chi connectivity index (χ0n) is 14.1. The van der Waals surface area contributed by atoms with E-state index >= 15 is 0 Å². The number of aryl methyl sites for hydroxylation is 1. The van der Waals surface area contributed by atoms with E-state index in [1.54, 1.807) is 11.8 Å². The Morgan fingerprint density at radius 3 is 2.88 bits per heavy atom. The summed E-state index contributed by atoms with van der Waals surface area (Å²) in [6.45, 7) is 1.96. The van der Waals surface area contributed by atoms with Crippen LogP contribution in [-0.4, -0.2) is 42.4 Å². The maximum atomic E-state index is 12.7. The van der Waals surface area contributed by atoms with E-state index in [0.717, 1.165) is 17.7 Å². The molecule has 3 rings (SSSR count). The van der Waals surface area contributed by atoms with Gasteiger partial charge in [0.25, 0.3) is 0 Å². The van der Waals surface area contributed by atoms with Crippen LogP contribution in [0.2, 0.25) is 0 Å². The minimum Gasteiger partial charge on any atom is -0.375 e. The molecule has 128 valence electrons. The van der Waals surface area contributed by atoms with Crippen molar-refractivity contribution in [2.45, 2.75) is 12.0 Å². The highest BCUT2D eigenvalue weighted by molar-refractivity contribution is 5.80. The summed E-state index contributed by atoms with van der Waals surface area (Å²) in [5, 5.41) is 10.6. The molecule has 1 aromatic heterocycles. The van der Waals surface area contributed by atoms with Crippen LogP contribution in [0.4, 0.5) is 0 Å². The lowest BCUT2D eigenvalue weighted by Gasteiger charge is -2.20. The fourth-order valence-electron chi connectivity index (χ4n) is 3.27. The molecule has 6 nitrogen and oxygen atoms in total. The topological polar surface area (TPSA) is 68.2 Å². The third-order valence-electron chi connectivity index (χ3n) is 4.62. The minimum absolute atomic E-state index is 0.0619. The molecule has 0 saturated carbocycles. The van der Waals surface area contributed by atoms with Crippen molar-refractivity contribution >= 4 is 5.91 Å². The van der Waals surface area contributed by atoms with Crippen molar-refractivity contribution in [1.29, 1.82) is 0 Å². The van der Waals surface area contributed by atoms with Crippen LogP contribution in [0.15, 0.2) is 42.7 Å². The molecule has 2 N–H and O–H groups in total. The molecule has 1 saturated heterocycles. The van der Waals surface area contributed by atoms with Gasteiger partial charge in [0.1, 0.15) is 0 Å². The average molecular weight is 328 g/mol. The van der Waals surface area contributed by atoms with E-state index in [4.69, 9.17) is 4.74 Å². The highest BCUT2D eigenvalue weighted by Crippen LogP contribution is 2.28. The zero-order valence-corrected chi connectivity index (χ0v) is 14.1. The van der Waals surface area contributed by atoms with E-state index in [1.165, 1.54) is 0 Å². The van der Waals surface area contributed by atoms with Crippen LogP contribution in [0.1, 0.15) is 23.1 Å². The minimum atomic E-state index is -0.138. The molecule has 3 atom stereocenters. The molecule has 0 aliphatic carbocycles. The Morgan fingerprint density at radius 2 is 2.21 bits per heavy atom. The number of hydrogen-bond donors (Lipinski definition) is 2. The summed E-state index contributed by atoms with van der Waals surface area (Å²) < 4.78 is 7.30. The van der Waals surface area contributed by atoms with Gasteiger partial charge in [0, 0.05) is 45.9 Å². The molecule has 1 amide bonds. The quantitative estimate of drug-likeness (QED) is 0.837. The number of nitrogens with one attached hydrogen (secondary N) is 2. The molecule has 1 unspecified atom stereocenters. The van der Waals surface area contributed by atoms with Gasteiger partial charge in [0.15, 0.2) is 0 Å². The van der Waals surface area contributed by atoms with Crippen molar-refractivity contribution in [1.82, 2.24) is 20.4 Å². The zero-order chi connectivity index (χ0) is 16.9. The monoisotopic (exact) mass is 328 g/mol. The summed E-state index contributed by atoms with van der Waals surface area (Å²) in [4.78, 5) is 12.7. The second-order valence-electron chi connectivity index (χ2n) is 6.20. The van der Waals surface area contributed by atoms with Crippen LogP contribution in [0.5, 0.6) is 0 Å². The highest BCUT2D eigenvalue weighted by Gasteiger charge is 2.34. The number of carbonyl (C=O) groups excluding carboxylic acids is 1. The van der Waals surface area contributed by atoms with Gasteiger partial charge in [-0.1, -0.05) is 30.3 Å². The van der Waals surface area contributed by atoms with E-state index in [-0.39, 0.29) is 23.8 Å². The van der Waals surface area contributed by atoms with Gasteiger partial charge in [-0.2, -0.15) is 5.10 Å². The van der Waals surface area contributed by atoms with E-state index < -0.39 is 0 Å². The van der Waals surface area contributed by atoms with Gasteiger partial charge in [-0.3, -0.25) is 9.48 Å². The van der Waals surface area contributed by atoms with E-state index in [0.29, 0.717) is 13.1 Å². The Balaban J connectivity index is 1.61. The van der Waals surface area contributed by atoms with E-state index in [2.05, 4.69) is 15.7 Å². The predicted octanol–water partition coefficient (Wildman–Crippen LogP) is 1.23. The van der Waals surface area contributed by atoms with E-state index in [1.807, 2.05) is 49.8 Å². The molecule has 0 radical (unpaired) electrons. The van der Waals surface area contributed by atoms with Gasteiger partial charge in [-0.25, -0.2) is 0 Å². The lowest BCUT2D eigenvalue weighted by atomic mass is 9.90. The summed E-state index contributed by atoms with van der Waals surface area (Å²) >= 11 is 0. The van der Waals surface area contributed by atoms with Crippen LogP contribution in [-0.2, 0) is 16.6 Å². The summed E-state index contributed by atoms with van der Waals surface area (Å²) in [6.07, 6.45) is 3.70. The summed E-state index contributed by atoms with van der Waals surface area (Å²) in [6, 6.07) is 9.94. The van der Waals surface area contributed by atoms with Gasteiger partial charge in [-0.15, -0.1) is 0 Å². The van der Waals surface area contributed by atoms with Crippen LogP contribution in [0.3, 0.4) is 0 Å². The molecule has 24 heavy (non-hydrogen) atoms. The lowest BCUT2D eigenvalue weighted by molar-refractivity contribution is -0.125. The maximum Gasteiger partial charge on any atom is 0.225 e. The van der Waals surface area contributed by atoms with Gasteiger partial charge in [0.05, 0.1) is 18.2 Å². The Morgan fingerprint density at radius 1 is 1.42 bits per heavy atom. The summed E-state index contributed by atoms with van der Waals surface area (Å²) in [7, 11) is 3.56. The first-order valence-corrected chi connectivity index (χ1v) is 8.23. The molecular formula is C18H24N4O2. The number of rotatable bonds is 6. The van der Waals surface area contributed by atoms with Crippen molar-refractivity contribution in [3.05, 3.63) is 53.9 Å². The molecule has 6 heteroatoms. The molecule has 0 spiro atoms. The van der Waals surface area contributed by atoms with Gasteiger partial charge >= 0.3 is 0 Å². The Hall–Kier alpha value is -2.18. The molecule has 0 bridgehead atoms. The van der Waals surface area contributed by atoms with Crippen LogP contribution in [0, 0.1) is 5.92 Å². The molecule has 2 heterocycles. The number of hydrogen-bond acceptors (Lipinski definition) is 4. The number of nitrogens with zero attached hydrogens (tertiary/aromatic N) is 2. The first-order chi connectivity index (χ1) is 11.7. The van der Waals surface area contributed by atoms with Crippen molar-refractivity contribution in [2.24, 2.45) is 13.0 Å². The second-order valence-corrected chi connectivity index (χ2v) is 6.20.